The third-order valence-corrected chi connectivity index (χ3v) is 3.19. The van der Waals surface area contributed by atoms with E-state index in [0.717, 1.165) is 0 Å². The highest BCUT2D eigenvalue weighted by molar-refractivity contribution is 5.97. The number of likely N-dealkylation sites (N-methyl/N-ethyl adjacent to an activating group) is 1. The molecule has 0 aliphatic heterocycles. The lowest BCUT2D eigenvalue weighted by molar-refractivity contribution is -0.122. The molecule has 0 heterocycles. The van der Waals surface area contributed by atoms with E-state index in [1.54, 1.807) is 48.5 Å². The molecule has 2 aromatic carbocycles. The van der Waals surface area contributed by atoms with Gasteiger partial charge in [0.25, 0.3) is 5.91 Å². The topological polar surface area (TPSA) is 82.0 Å². The Balaban J connectivity index is 2.21. The lowest BCUT2D eigenvalue weighted by atomic mass is 10.1. The van der Waals surface area contributed by atoms with E-state index < -0.39 is 6.04 Å². The average molecular weight is 293 g/mol. The molecule has 0 saturated heterocycles. The molecule has 2 aromatic rings. The van der Waals surface area contributed by atoms with Gasteiger partial charge in [0.1, 0.15) is 6.04 Å². The zero-order valence-electron chi connectivity index (χ0n) is 12.0. The standard InChI is InChI=1S/C17H15N3O2/c1-19-17(22)15(13-5-3-2-4-6-13)20-16(21)14-9-7-12(11-18)8-10-14/h2-10,15H,1H3,(H,19,22)(H,20,21)/t15-/m1/s1. The quantitative estimate of drug-likeness (QED) is 0.901. The SMILES string of the molecule is CNC(=O)[C@H](NC(=O)c1ccc(C#N)cc1)c1ccccc1. The van der Waals surface area contributed by atoms with Gasteiger partial charge >= 0.3 is 0 Å². The van der Waals surface area contributed by atoms with Crippen molar-refractivity contribution in [2.24, 2.45) is 0 Å². The maximum Gasteiger partial charge on any atom is 0.252 e. The molecule has 5 nitrogen and oxygen atoms in total. The predicted octanol–water partition coefficient (Wildman–Crippen LogP) is 1.78. The molecule has 22 heavy (non-hydrogen) atoms. The molecule has 0 bridgehead atoms. The zero-order chi connectivity index (χ0) is 15.9. The van der Waals surface area contributed by atoms with Crippen molar-refractivity contribution in [3.63, 3.8) is 0 Å². The first-order valence-electron chi connectivity index (χ1n) is 6.73. The summed E-state index contributed by atoms with van der Waals surface area (Å²) in [5.74, 6) is -0.671. The minimum absolute atomic E-state index is 0.298. The van der Waals surface area contributed by atoms with Crippen molar-refractivity contribution in [3.05, 3.63) is 71.3 Å². The number of nitriles is 1. The zero-order valence-corrected chi connectivity index (χ0v) is 12.0. The molecular formula is C17H15N3O2. The van der Waals surface area contributed by atoms with Gasteiger partial charge < -0.3 is 10.6 Å². The number of nitrogens with one attached hydrogen (secondary N) is 2. The van der Waals surface area contributed by atoms with Crippen molar-refractivity contribution in [1.29, 1.82) is 5.26 Å². The van der Waals surface area contributed by atoms with Crippen molar-refractivity contribution >= 4 is 11.8 Å². The van der Waals surface area contributed by atoms with E-state index in [2.05, 4.69) is 10.6 Å². The monoisotopic (exact) mass is 293 g/mol. The van der Waals surface area contributed by atoms with Crippen molar-refractivity contribution < 1.29 is 9.59 Å². The highest BCUT2D eigenvalue weighted by Gasteiger charge is 2.22. The van der Waals surface area contributed by atoms with Gasteiger partial charge in [-0.15, -0.1) is 0 Å². The molecule has 5 heteroatoms. The number of nitrogens with zero attached hydrogens (tertiary/aromatic N) is 1. The Labute approximate surface area is 128 Å². The lowest BCUT2D eigenvalue weighted by Crippen LogP contribution is -2.39. The fourth-order valence-corrected chi connectivity index (χ4v) is 2.00. The first-order chi connectivity index (χ1) is 10.7. The number of carbonyl (C=O) groups is 2. The van der Waals surface area contributed by atoms with Gasteiger partial charge in [0.05, 0.1) is 11.6 Å². The van der Waals surface area contributed by atoms with Crippen LogP contribution in [-0.2, 0) is 4.79 Å². The highest BCUT2D eigenvalue weighted by atomic mass is 16.2. The summed E-state index contributed by atoms with van der Waals surface area (Å²) in [5, 5.41) is 14.0. The normalized spacial score (nSPS) is 11.1. The van der Waals surface area contributed by atoms with Crippen LogP contribution in [0.25, 0.3) is 0 Å². The third kappa shape index (κ3) is 3.49. The second-order valence-corrected chi connectivity index (χ2v) is 4.62. The van der Waals surface area contributed by atoms with Crippen LogP contribution in [0.2, 0.25) is 0 Å². The predicted molar refractivity (Wildman–Crippen MR) is 81.9 cm³/mol. The maximum absolute atomic E-state index is 12.3. The molecule has 0 aromatic heterocycles. The van der Waals surface area contributed by atoms with E-state index in [1.807, 2.05) is 12.1 Å². The molecule has 0 unspecified atom stereocenters. The molecular weight excluding hydrogens is 278 g/mol. The van der Waals surface area contributed by atoms with Gasteiger partial charge in [-0.25, -0.2) is 0 Å². The molecule has 0 fully saturated rings. The summed E-state index contributed by atoms with van der Waals surface area (Å²) < 4.78 is 0. The second-order valence-electron chi connectivity index (χ2n) is 4.62. The Hall–Kier alpha value is -3.13. The van der Waals surface area contributed by atoms with E-state index in [4.69, 9.17) is 5.26 Å². The Kier molecular flexibility index (Phi) is 4.89. The smallest absolute Gasteiger partial charge is 0.252 e. The van der Waals surface area contributed by atoms with Gasteiger partial charge in [0.2, 0.25) is 5.91 Å². The number of amides is 2. The van der Waals surface area contributed by atoms with Crippen LogP contribution in [0.1, 0.15) is 27.5 Å². The second kappa shape index (κ2) is 7.04. The average Bonchev–Trinajstić information content (AvgIpc) is 2.59. The van der Waals surface area contributed by atoms with Crippen LogP contribution in [0.15, 0.2) is 54.6 Å². The first-order valence-corrected chi connectivity index (χ1v) is 6.73. The van der Waals surface area contributed by atoms with Gasteiger partial charge in [-0.2, -0.15) is 5.26 Å². The molecule has 0 spiro atoms. The summed E-state index contributed by atoms with van der Waals surface area (Å²) in [6, 6.07) is 16.5. The Morgan fingerprint density at radius 3 is 2.23 bits per heavy atom. The minimum Gasteiger partial charge on any atom is -0.357 e. The lowest BCUT2D eigenvalue weighted by Gasteiger charge is -2.17. The van der Waals surface area contributed by atoms with Crippen molar-refractivity contribution in [2.75, 3.05) is 7.05 Å². The summed E-state index contributed by atoms with van der Waals surface area (Å²) in [6.45, 7) is 0. The van der Waals surface area contributed by atoms with Crippen molar-refractivity contribution in [2.45, 2.75) is 6.04 Å². The summed E-state index contributed by atoms with van der Waals surface area (Å²) in [4.78, 5) is 24.3. The van der Waals surface area contributed by atoms with E-state index in [-0.39, 0.29) is 11.8 Å². The van der Waals surface area contributed by atoms with E-state index in [9.17, 15) is 9.59 Å². The molecule has 0 aliphatic carbocycles. The molecule has 110 valence electrons. The highest BCUT2D eigenvalue weighted by Crippen LogP contribution is 2.14. The molecule has 0 saturated carbocycles. The summed E-state index contributed by atoms with van der Waals surface area (Å²) in [6.07, 6.45) is 0. The Morgan fingerprint density at radius 1 is 1.05 bits per heavy atom. The molecule has 2 rings (SSSR count). The Bertz CT molecular complexity index is 703. The summed E-state index contributed by atoms with van der Waals surface area (Å²) in [7, 11) is 1.52. The van der Waals surface area contributed by atoms with Gasteiger partial charge in [-0.3, -0.25) is 9.59 Å². The molecule has 0 radical (unpaired) electrons. The van der Waals surface area contributed by atoms with E-state index in [1.165, 1.54) is 7.05 Å². The van der Waals surface area contributed by atoms with Gasteiger partial charge in [-0.05, 0) is 29.8 Å². The summed E-state index contributed by atoms with van der Waals surface area (Å²) in [5.41, 5.74) is 1.56. The van der Waals surface area contributed by atoms with E-state index >= 15 is 0 Å². The van der Waals surface area contributed by atoms with Crippen LogP contribution >= 0.6 is 0 Å². The number of carbonyl (C=O) groups excluding carboxylic acids is 2. The van der Waals surface area contributed by atoms with Gasteiger partial charge in [0.15, 0.2) is 0 Å². The molecule has 2 amide bonds. The van der Waals surface area contributed by atoms with E-state index in [0.29, 0.717) is 16.7 Å². The Morgan fingerprint density at radius 2 is 1.68 bits per heavy atom. The first kappa shape index (κ1) is 15.3. The van der Waals surface area contributed by atoms with Crippen molar-refractivity contribution in [3.8, 4) is 6.07 Å². The third-order valence-electron chi connectivity index (χ3n) is 3.19. The van der Waals surface area contributed by atoms with Crippen LogP contribution in [0, 0.1) is 11.3 Å². The maximum atomic E-state index is 12.3. The number of rotatable bonds is 4. The van der Waals surface area contributed by atoms with Crippen LogP contribution < -0.4 is 10.6 Å². The van der Waals surface area contributed by atoms with Crippen LogP contribution in [0.3, 0.4) is 0 Å². The van der Waals surface area contributed by atoms with Crippen LogP contribution in [0.4, 0.5) is 0 Å². The number of hydrogen-bond acceptors (Lipinski definition) is 3. The fraction of sp³-hybridized carbons (Fsp3) is 0.118. The molecule has 2 N–H and O–H groups in total. The number of benzene rings is 2. The fourth-order valence-electron chi connectivity index (χ4n) is 2.00. The van der Waals surface area contributed by atoms with Crippen LogP contribution in [0.5, 0.6) is 0 Å². The van der Waals surface area contributed by atoms with Gasteiger partial charge in [0, 0.05) is 12.6 Å². The minimum atomic E-state index is -0.769. The number of hydrogen-bond donors (Lipinski definition) is 2. The largest absolute Gasteiger partial charge is 0.357 e. The summed E-state index contributed by atoms with van der Waals surface area (Å²) >= 11 is 0. The van der Waals surface area contributed by atoms with Gasteiger partial charge in [-0.1, -0.05) is 30.3 Å². The molecule has 1 atom stereocenters. The molecule has 0 aliphatic rings. The van der Waals surface area contributed by atoms with Crippen LogP contribution in [-0.4, -0.2) is 18.9 Å². The van der Waals surface area contributed by atoms with Crippen molar-refractivity contribution in [1.82, 2.24) is 10.6 Å².